The van der Waals surface area contributed by atoms with E-state index in [1.807, 2.05) is 55.5 Å². The molecule has 0 bridgehead atoms. The van der Waals surface area contributed by atoms with E-state index in [-0.39, 0.29) is 5.78 Å². The summed E-state index contributed by atoms with van der Waals surface area (Å²) in [6.07, 6.45) is 3.24. The zero-order chi connectivity index (χ0) is 22.1. The van der Waals surface area contributed by atoms with Crippen LogP contribution in [-0.2, 0) is 6.61 Å². The Hall–Kier alpha value is -3.73. The lowest BCUT2D eigenvalue weighted by molar-refractivity contribution is 0.104. The van der Waals surface area contributed by atoms with Crippen LogP contribution in [0.3, 0.4) is 0 Å². The number of hydrogen-bond acceptors (Lipinski definition) is 5. The van der Waals surface area contributed by atoms with Crippen molar-refractivity contribution in [1.29, 1.82) is 0 Å². The predicted molar refractivity (Wildman–Crippen MR) is 121 cm³/mol. The van der Waals surface area contributed by atoms with Gasteiger partial charge in [-0.3, -0.25) is 4.79 Å². The molecule has 0 heterocycles. The molecule has 0 unspecified atom stereocenters. The number of carbonyl (C=O) groups excluding carboxylic acids is 1. The molecule has 3 aromatic rings. The Morgan fingerprint density at radius 2 is 1.58 bits per heavy atom. The van der Waals surface area contributed by atoms with Crippen LogP contribution in [0.4, 0.5) is 0 Å². The van der Waals surface area contributed by atoms with E-state index in [4.69, 9.17) is 18.9 Å². The maximum absolute atomic E-state index is 12.7. The molecule has 0 aromatic heterocycles. The first-order valence-corrected chi connectivity index (χ1v) is 10.0. The van der Waals surface area contributed by atoms with Crippen molar-refractivity contribution < 1.29 is 23.7 Å². The van der Waals surface area contributed by atoms with Crippen molar-refractivity contribution >= 4 is 11.9 Å². The van der Waals surface area contributed by atoms with Crippen LogP contribution in [0.1, 0.15) is 28.4 Å². The summed E-state index contributed by atoms with van der Waals surface area (Å²) in [7, 11) is 3.09. The monoisotopic (exact) mass is 418 g/mol. The summed E-state index contributed by atoms with van der Waals surface area (Å²) in [5, 5.41) is 0. The lowest BCUT2D eigenvalue weighted by atomic mass is 10.1. The van der Waals surface area contributed by atoms with Gasteiger partial charge in [0.05, 0.1) is 26.4 Å². The molecule has 0 aliphatic rings. The molecule has 31 heavy (non-hydrogen) atoms. The van der Waals surface area contributed by atoms with Gasteiger partial charge >= 0.3 is 0 Å². The molecule has 0 amide bonds. The Bertz CT molecular complexity index is 1040. The largest absolute Gasteiger partial charge is 0.497 e. The number of methoxy groups -OCH3 is 2. The number of rotatable bonds is 10. The fraction of sp³-hybridized carbons (Fsp3) is 0.192. The van der Waals surface area contributed by atoms with E-state index in [2.05, 4.69) is 0 Å². The van der Waals surface area contributed by atoms with E-state index >= 15 is 0 Å². The maximum atomic E-state index is 12.7. The standard InChI is InChI=1S/C26H26O5/c1-4-30-25-17-22(31-18-19-8-6-5-7-9-19)12-10-20(25)11-15-24(27)23-14-13-21(28-2)16-26(23)29-3/h5-17H,4,18H2,1-3H3. The third kappa shape index (κ3) is 5.89. The molecule has 3 aromatic carbocycles. The van der Waals surface area contributed by atoms with Gasteiger partial charge in [0.1, 0.15) is 29.6 Å². The Kier molecular flexibility index (Phi) is 7.71. The van der Waals surface area contributed by atoms with E-state index in [0.717, 1.165) is 11.1 Å². The molecular formula is C26H26O5. The summed E-state index contributed by atoms with van der Waals surface area (Å²) < 4.78 is 22.2. The first-order chi connectivity index (χ1) is 15.1. The molecule has 5 heteroatoms. The normalized spacial score (nSPS) is 10.7. The lowest BCUT2D eigenvalue weighted by Crippen LogP contribution is -2.00. The van der Waals surface area contributed by atoms with Gasteiger partial charge in [-0.15, -0.1) is 0 Å². The highest BCUT2D eigenvalue weighted by atomic mass is 16.5. The van der Waals surface area contributed by atoms with Gasteiger partial charge in [-0.25, -0.2) is 0 Å². The number of ether oxygens (including phenoxy) is 4. The molecule has 5 nitrogen and oxygen atoms in total. The van der Waals surface area contributed by atoms with Gasteiger partial charge in [0, 0.05) is 17.7 Å². The quantitative estimate of drug-likeness (QED) is 0.318. The fourth-order valence-electron chi connectivity index (χ4n) is 3.02. The van der Waals surface area contributed by atoms with E-state index in [1.165, 1.54) is 13.2 Å². The smallest absolute Gasteiger partial charge is 0.189 e. The molecule has 3 rings (SSSR count). The first kappa shape index (κ1) is 22.0. The molecular weight excluding hydrogens is 392 g/mol. The number of ketones is 1. The van der Waals surface area contributed by atoms with Crippen LogP contribution in [-0.4, -0.2) is 26.6 Å². The van der Waals surface area contributed by atoms with E-state index in [9.17, 15) is 4.79 Å². The molecule has 160 valence electrons. The maximum Gasteiger partial charge on any atom is 0.189 e. The molecule has 0 atom stereocenters. The molecule has 0 N–H and O–H groups in total. The zero-order valence-electron chi connectivity index (χ0n) is 18.0. The van der Waals surface area contributed by atoms with Gasteiger partial charge in [0.15, 0.2) is 5.78 Å². The minimum absolute atomic E-state index is 0.175. The molecule has 0 fully saturated rings. The van der Waals surface area contributed by atoms with Crippen molar-refractivity contribution in [2.75, 3.05) is 20.8 Å². The third-order valence-electron chi connectivity index (χ3n) is 4.62. The van der Waals surface area contributed by atoms with Crippen LogP contribution >= 0.6 is 0 Å². The average molecular weight is 418 g/mol. The number of benzene rings is 3. The van der Waals surface area contributed by atoms with Crippen LogP contribution in [0.15, 0.2) is 72.8 Å². The summed E-state index contributed by atoms with van der Waals surface area (Å²) in [5.41, 5.74) is 2.33. The van der Waals surface area contributed by atoms with Crippen molar-refractivity contribution in [1.82, 2.24) is 0 Å². The van der Waals surface area contributed by atoms with Gasteiger partial charge in [0.2, 0.25) is 0 Å². The lowest BCUT2D eigenvalue weighted by Gasteiger charge is -2.11. The minimum Gasteiger partial charge on any atom is -0.497 e. The molecule has 0 saturated heterocycles. The highest BCUT2D eigenvalue weighted by Gasteiger charge is 2.12. The second-order valence-corrected chi connectivity index (χ2v) is 6.67. The van der Waals surface area contributed by atoms with Crippen molar-refractivity contribution in [3.8, 4) is 23.0 Å². The Balaban J connectivity index is 1.77. The summed E-state index contributed by atoms with van der Waals surface area (Å²) in [4.78, 5) is 12.7. The number of allylic oxidation sites excluding steroid dienone is 1. The van der Waals surface area contributed by atoms with Gasteiger partial charge < -0.3 is 18.9 Å². The van der Waals surface area contributed by atoms with Crippen LogP contribution < -0.4 is 18.9 Å². The van der Waals surface area contributed by atoms with E-state index in [1.54, 1.807) is 31.4 Å². The van der Waals surface area contributed by atoms with Crippen LogP contribution in [0.5, 0.6) is 23.0 Å². The SMILES string of the molecule is CCOc1cc(OCc2ccccc2)ccc1C=CC(=O)c1ccc(OC)cc1OC. The molecule has 0 aliphatic heterocycles. The Morgan fingerprint density at radius 3 is 2.29 bits per heavy atom. The molecule has 0 saturated carbocycles. The molecule has 0 aliphatic carbocycles. The van der Waals surface area contributed by atoms with Crippen LogP contribution in [0, 0.1) is 0 Å². The fourth-order valence-corrected chi connectivity index (χ4v) is 3.02. The van der Waals surface area contributed by atoms with E-state index in [0.29, 0.717) is 41.8 Å². The predicted octanol–water partition coefficient (Wildman–Crippen LogP) is 5.58. The summed E-state index contributed by atoms with van der Waals surface area (Å²) >= 11 is 0. The zero-order valence-corrected chi connectivity index (χ0v) is 18.0. The first-order valence-electron chi connectivity index (χ1n) is 10.0. The Labute approximate surface area is 182 Å². The van der Waals surface area contributed by atoms with Crippen molar-refractivity contribution in [2.24, 2.45) is 0 Å². The number of carbonyl (C=O) groups is 1. The molecule has 0 radical (unpaired) electrons. The number of hydrogen-bond donors (Lipinski definition) is 0. The highest BCUT2D eigenvalue weighted by Crippen LogP contribution is 2.28. The van der Waals surface area contributed by atoms with Gasteiger partial charge in [-0.05, 0) is 48.9 Å². The Morgan fingerprint density at radius 1 is 0.839 bits per heavy atom. The van der Waals surface area contributed by atoms with E-state index < -0.39 is 0 Å². The second-order valence-electron chi connectivity index (χ2n) is 6.67. The van der Waals surface area contributed by atoms with Crippen molar-refractivity contribution in [3.63, 3.8) is 0 Å². The average Bonchev–Trinajstić information content (AvgIpc) is 2.82. The highest BCUT2D eigenvalue weighted by molar-refractivity contribution is 6.08. The third-order valence-corrected chi connectivity index (χ3v) is 4.62. The topological polar surface area (TPSA) is 54.0 Å². The van der Waals surface area contributed by atoms with Crippen LogP contribution in [0.2, 0.25) is 0 Å². The van der Waals surface area contributed by atoms with Crippen molar-refractivity contribution in [3.05, 3.63) is 89.5 Å². The summed E-state index contributed by atoms with van der Waals surface area (Å²) in [6.45, 7) is 2.89. The van der Waals surface area contributed by atoms with Gasteiger partial charge in [-0.1, -0.05) is 30.3 Å². The minimum atomic E-state index is -0.175. The van der Waals surface area contributed by atoms with Crippen LogP contribution in [0.25, 0.3) is 6.08 Å². The van der Waals surface area contributed by atoms with Gasteiger partial charge in [-0.2, -0.15) is 0 Å². The molecule has 0 spiro atoms. The summed E-state index contributed by atoms with van der Waals surface area (Å²) in [6, 6.07) is 20.6. The van der Waals surface area contributed by atoms with Gasteiger partial charge in [0.25, 0.3) is 0 Å². The summed E-state index contributed by atoms with van der Waals surface area (Å²) in [5.74, 6) is 2.27. The van der Waals surface area contributed by atoms with Crippen molar-refractivity contribution in [2.45, 2.75) is 13.5 Å². The second kappa shape index (κ2) is 10.9.